The van der Waals surface area contributed by atoms with Crippen molar-refractivity contribution in [1.82, 2.24) is 4.98 Å². The van der Waals surface area contributed by atoms with Gasteiger partial charge >= 0.3 is 5.69 Å². The predicted molar refractivity (Wildman–Crippen MR) is 101 cm³/mol. The molecule has 1 heterocycles. The summed E-state index contributed by atoms with van der Waals surface area (Å²) in [5.74, 6) is 1.25. The lowest BCUT2D eigenvalue weighted by atomic mass is 10.1. The van der Waals surface area contributed by atoms with Crippen LogP contribution in [0.15, 0.2) is 48.7 Å². The Labute approximate surface area is 154 Å². The Morgan fingerprint density at radius 1 is 1.23 bits per heavy atom. The molecule has 1 N–H and O–H groups in total. The average molecular weight is 374 g/mol. The highest BCUT2D eigenvalue weighted by molar-refractivity contribution is 6.18. The van der Waals surface area contributed by atoms with Gasteiger partial charge in [-0.2, -0.15) is 0 Å². The second-order valence-electron chi connectivity index (χ2n) is 5.32. The molecule has 0 aliphatic carbocycles. The zero-order valence-corrected chi connectivity index (χ0v) is 14.7. The number of halogens is 1. The zero-order valence-electron chi connectivity index (χ0n) is 13.9. The molecule has 3 aromatic rings. The van der Waals surface area contributed by atoms with Gasteiger partial charge in [-0.15, -0.1) is 11.6 Å². The maximum atomic E-state index is 11.5. The first-order valence-corrected chi connectivity index (χ1v) is 8.33. The minimum absolute atomic E-state index is 0.127. The highest BCUT2D eigenvalue weighted by Crippen LogP contribution is 2.39. The smallest absolute Gasteiger partial charge is 0.311 e. The second kappa shape index (κ2) is 7.88. The van der Waals surface area contributed by atoms with E-state index in [1.165, 1.54) is 13.3 Å². The number of aromatic nitrogens is 1. The first-order valence-electron chi connectivity index (χ1n) is 7.80. The third-order valence-electron chi connectivity index (χ3n) is 3.71. The van der Waals surface area contributed by atoms with E-state index in [0.29, 0.717) is 40.6 Å². The first-order chi connectivity index (χ1) is 12.6. The highest BCUT2D eigenvalue weighted by atomic mass is 35.5. The number of pyridine rings is 1. The van der Waals surface area contributed by atoms with Crippen LogP contribution in [0.1, 0.15) is 0 Å². The molecule has 2 aromatic carbocycles. The second-order valence-corrected chi connectivity index (χ2v) is 5.70. The van der Waals surface area contributed by atoms with E-state index >= 15 is 0 Å². The summed E-state index contributed by atoms with van der Waals surface area (Å²) in [6.45, 7) is 0.311. The van der Waals surface area contributed by atoms with Crippen LogP contribution >= 0.6 is 11.6 Å². The van der Waals surface area contributed by atoms with Crippen molar-refractivity contribution in [1.29, 1.82) is 0 Å². The van der Waals surface area contributed by atoms with Gasteiger partial charge in [-0.3, -0.25) is 10.1 Å². The fourth-order valence-corrected chi connectivity index (χ4v) is 2.62. The van der Waals surface area contributed by atoms with Crippen LogP contribution in [0.5, 0.6) is 11.5 Å². The number of anilines is 2. The van der Waals surface area contributed by atoms with E-state index < -0.39 is 4.92 Å². The number of hydrogen-bond acceptors (Lipinski definition) is 6. The summed E-state index contributed by atoms with van der Waals surface area (Å²) >= 11 is 5.67. The molecule has 1 aromatic heterocycles. The van der Waals surface area contributed by atoms with Crippen molar-refractivity contribution in [2.45, 2.75) is 0 Å². The van der Waals surface area contributed by atoms with E-state index in [0.717, 1.165) is 5.69 Å². The number of fused-ring (bicyclic) bond motifs is 1. The van der Waals surface area contributed by atoms with Gasteiger partial charge in [0, 0.05) is 17.1 Å². The van der Waals surface area contributed by atoms with Crippen LogP contribution < -0.4 is 14.8 Å². The standard InChI is InChI=1S/C18H16ClN3O4/c1-25-16-9-13-14(10-17(16)26-8-7-19)20-11-15(22(23)24)18(13)21-12-5-3-2-4-6-12/h2-6,9-11H,7-8H2,1H3,(H,20,21). The summed E-state index contributed by atoms with van der Waals surface area (Å²) < 4.78 is 10.9. The van der Waals surface area contributed by atoms with Crippen LogP contribution in [0.4, 0.5) is 17.1 Å². The van der Waals surface area contributed by atoms with Gasteiger partial charge in [0.15, 0.2) is 11.5 Å². The lowest BCUT2D eigenvalue weighted by molar-refractivity contribution is -0.384. The number of nitrogens with one attached hydrogen (secondary N) is 1. The fourth-order valence-electron chi connectivity index (χ4n) is 2.55. The van der Waals surface area contributed by atoms with Crippen LogP contribution in [0, 0.1) is 10.1 Å². The van der Waals surface area contributed by atoms with E-state index in [4.69, 9.17) is 21.1 Å². The molecule has 0 radical (unpaired) electrons. The average Bonchev–Trinajstić information content (AvgIpc) is 2.66. The molecular formula is C18H16ClN3O4. The Bertz CT molecular complexity index is 935. The number of hydrogen-bond donors (Lipinski definition) is 1. The molecule has 0 amide bonds. The molecule has 8 heteroatoms. The molecule has 0 bridgehead atoms. The van der Waals surface area contributed by atoms with Gasteiger partial charge in [0.25, 0.3) is 0 Å². The maximum absolute atomic E-state index is 11.5. The number of ether oxygens (including phenoxy) is 2. The van der Waals surface area contributed by atoms with Crippen molar-refractivity contribution in [3.05, 3.63) is 58.8 Å². The van der Waals surface area contributed by atoms with Crippen molar-refractivity contribution < 1.29 is 14.4 Å². The number of benzene rings is 2. The molecule has 3 rings (SSSR count). The molecule has 26 heavy (non-hydrogen) atoms. The lowest BCUT2D eigenvalue weighted by Gasteiger charge is -2.14. The summed E-state index contributed by atoms with van der Waals surface area (Å²) in [6.07, 6.45) is 1.23. The monoisotopic (exact) mass is 373 g/mol. The third-order valence-corrected chi connectivity index (χ3v) is 3.86. The van der Waals surface area contributed by atoms with E-state index in [2.05, 4.69) is 10.3 Å². The Balaban J connectivity index is 2.18. The van der Waals surface area contributed by atoms with Gasteiger partial charge < -0.3 is 14.8 Å². The molecule has 0 unspecified atom stereocenters. The molecule has 134 valence electrons. The van der Waals surface area contributed by atoms with Crippen molar-refractivity contribution in [3.8, 4) is 11.5 Å². The van der Waals surface area contributed by atoms with Crippen LogP contribution in [0.2, 0.25) is 0 Å². The van der Waals surface area contributed by atoms with Gasteiger partial charge in [-0.05, 0) is 18.2 Å². The van der Waals surface area contributed by atoms with Crippen LogP contribution in [-0.4, -0.2) is 29.5 Å². The van der Waals surface area contributed by atoms with Crippen LogP contribution in [0.25, 0.3) is 10.9 Å². The summed E-state index contributed by atoms with van der Waals surface area (Å²) in [6, 6.07) is 12.6. The van der Waals surface area contributed by atoms with Crippen molar-refractivity contribution in [3.63, 3.8) is 0 Å². The van der Waals surface area contributed by atoms with Crippen molar-refractivity contribution in [2.24, 2.45) is 0 Å². The summed E-state index contributed by atoms with van der Waals surface area (Å²) in [5.41, 5.74) is 1.48. The minimum Gasteiger partial charge on any atom is -0.493 e. The molecule has 0 saturated carbocycles. The molecule has 0 fully saturated rings. The Morgan fingerprint density at radius 3 is 2.65 bits per heavy atom. The number of methoxy groups -OCH3 is 1. The molecule has 0 aliphatic rings. The third kappa shape index (κ3) is 3.62. The van der Waals surface area contributed by atoms with E-state index in [1.54, 1.807) is 12.1 Å². The lowest BCUT2D eigenvalue weighted by Crippen LogP contribution is -2.02. The molecule has 0 atom stereocenters. The van der Waals surface area contributed by atoms with Crippen LogP contribution in [0.3, 0.4) is 0 Å². The number of nitro groups is 1. The fraction of sp³-hybridized carbons (Fsp3) is 0.167. The number of rotatable bonds is 7. The maximum Gasteiger partial charge on any atom is 0.311 e. The minimum atomic E-state index is -0.470. The number of alkyl halides is 1. The highest BCUT2D eigenvalue weighted by Gasteiger charge is 2.20. The van der Waals surface area contributed by atoms with Crippen molar-refractivity contribution >= 4 is 39.6 Å². The van der Waals surface area contributed by atoms with E-state index in [-0.39, 0.29) is 5.69 Å². The topological polar surface area (TPSA) is 86.5 Å². The van der Waals surface area contributed by atoms with E-state index in [1.807, 2.05) is 30.3 Å². The quantitative estimate of drug-likeness (QED) is 0.372. The molecule has 0 saturated heterocycles. The summed E-state index contributed by atoms with van der Waals surface area (Å²) in [5, 5.41) is 15.1. The van der Waals surface area contributed by atoms with Crippen LogP contribution in [-0.2, 0) is 0 Å². The largest absolute Gasteiger partial charge is 0.493 e. The zero-order chi connectivity index (χ0) is 18.5. The normalized spacial score (nSPS) is 10.5. The molecule has 7 nitrogen and oxygen atoms in total. The number of para-hydroxylation sites is 1. The van der Waals surface area contributed by atoms with E-state index in [9.17, 15) is 10.1 Å². The summed E-state index contributed by atoms with van der Waals surface area (Å²) in [4.78, 5) is 15.2. The molecule has 0 aliphatic heterocycles. The van der Waals surface area contributed by atoms with Gasteiger partial charge in [0.1, 0.15) is 18.5 Å². The Hall–Kier alpha value is -3.06. The number of nitrogens with zero attached hydrogens (tertiary/aromatic N) is 2. The van der Waals surface area contributed by atoms with Gasteiger partial charge in [-0.1, -0.05) is 18.2 Å². The predicted octanol–water partition coefficient (Wildman–Crippen LogP) is 4.51. The van der Waals surface area contributed by atoms with Gasteiger partial charge in [0.2, 0.25) is 0 Å². The SMILES string of the molecule is COc1cc2c(Nc3ccccc3)c([N+](=O)[O-])cnc2cc1OCCCl. The van der Waals surface area contributed by atoms with Gasteiger partial charge in [-0.25, -0.2) is 4.98 Å². The summed E-state index contributed by atoms with van der Waals surface area (Å²) in [7, 11) is 1.50. The molecular weight excluding hydrogens is 358 g/mol. The Morgan fingerprint density at radius 2 is 2.00 bits per heavy atom. The van der Waals surface area contributed by atoms with Crippen molar-refractivity contribution in [2.75, 3.05) is 24.9 Å². The van der Waals surface area contributed by atoms with Gasteiger partial charge in [0.05, 0.1) is 23.4 Å². The Kier molecular flexibility index (Phi) is 5.38. The molecule has 0 spiro atoms. The first kappa shape index (κ1) is 17.8.